The van der Waals surface area contributed by atoms with Gasteiger partial charge in [0.2, 0.25) is 0 Å². The summed E-state index contributed by atoms with van der Waals surface area (Å²) in [5.74, 6) is 0.442. The third-order valence-electron chi connectivity index (χ3n) is 7.73. The number of hydrogen-bond acceptors (Lipinski definition) is 7. The topological polar surface area (TPSA) is 94.9 Å². The van der Waals surface area contributed by atoms with Crippen LogP contribution in [0, 0.1) is 6.92 Å². The van der Waals surface area contributed by atoms with E-state index in [2.05, 4.69) is 40.0 Å². The normalized spacial score (nSPS) is 14.9. The van der Waals surface area contributed by atoms with Crippen LogP contribution in [0.3, 0.4) is 0 Å². The molecular weight excluding hydrogens is 642 g/mol. The van der Waals surface area contributed by atoms with E-state index >= 15 is 0 Å². The molecule has 0 saturated carbocycles. The molecule has 5 aromatic rings. The number of halogens is 1. The Hall–Kier alpha value is -4.41. The fourth-order valence-electron chi connectivity index (χ4n) is 5.66. The van der Waals surface area contributed by atoms with Crippen molar-refractivity contribution in [2.24, 2.45) is 4.99 Å². The van der Waals surface area contributed by atoms with Gasteiger partial charge in [0.05, 0.1) is 48.4 Å². The van der Waals surface area contributed by atoms with Gasteiger partial charge in [-0.05, 0) is 55.7 Å². The first-order chi connectivity index (χ1) is 21.3. The summed E-state index contributed by atoms with van der Waals surface area (Å²) < 4.78 is 19.3. The number of carbonyl (C=O) groups excluding carboxylic acids is 1. The summed E-state index contributed by atoms with van der Waals surface area (Å²) in [6.07, 6.45) is 1.93. The number of allylic oxidation sites excluding steroid dienone is 1. The van der Waals surface area contributed by atoms with Crippen molar-refractivity contribution >= 4 is 50.2 Å². The van der Waals surface area contributed by atoms with Crippen molar-refractivity contribution in [1.82, 2.24) is 9.55 Å². The van der Waals surface area contributed by atoms with Crippen LogP contribution in [-0.4, -0.2) is 36.3 Å². The van der Waals surface area contributed by atoms with Gasteiger partial charge >= 0.3 is 5.97 Å². The molecule has 0 aliphatic carbocycles. The standard InChI is InChI=1S/C34H30BrN3O5S/c1-6-43-33(40)28-19(3)36-34-38(31(28)23-15-25(41-4)26(42-5)17-24(23)35)32(39)27(44-34)16-22-21-14-10-11-18(2)29(21)37-30(22)20-12-8-7-9-13-20/h7-17,31,37H,6H2,1-5H3/b27-16+/t31-/m0/s1. The average molecular weight is 673 g/mol. The molecule has 44 heavy (non-hydrogen) atoms. The highest BCUT2D eigenvalue weighted by atomic mass is 79.9. The Bertz CT molecular complexity index is 2140. The molecule has 3 aromatic carbocycles. The second-order valence-electron chi connectivity index (χ2n) is 10.3. The maximum absolute atomic E-state index is 14.4. The molecule has 0 unspecified atom stereocenters. The molecule has 0 amide bonds. The lowest BCUT2D eigenvalue weighted by Gasteiger charge is -2.26. The van der Waals surface area contributed by atoms with Crippen LogP contribution in [-0.2, 0) is 9.53 Å². The van der Waals surface area contributed by atoms with Crippen molar-refractivity contribution in [1.29, 1.82) is 0 Å². The summed E-state index contributed by atoms with van der Waals surface area (Å²) in [6, 6.07) is 18.9. The Labute approximate surface area is 266 Å². The smallest absolute Gasteiger partial charge is 0.338 e. The lowest BCUT2D eigenvalue weighted by atomic mass is 9.95. The molecule has 8 nitrogen and oxygen atoms in total. The summed E-state index contributed by atoms with van der Waals surface area (Å²) in [6.45, 7) is 5.76. The lowest BCUT2D eigenvalue weighted by Crippen LogP contribution is -2.40. The average Bonchev–Trinajstić information content (AvgIpc) is 3.54. The summed E-state index contributed by atoms with van der Waals surface area (Å²) in [7, 11) is 3.10. The summed E-state index contributed by atoms with van der Waals surface area (Å²) in [5.41, 5.74) is 6.09. The number of rotatable bonds is 7. The minimum Gasteiger partial charge on any atom is -0.493 e. The van der Waals surface area contributed by atoms with E-state index in [1.807, 2.05) is 42.5 Å². The number of nitrogens with one attached hydrogen (secondary N) is 1. The molecule has 6 rings (SSSR count). The fourth-order valence-corrected chi connectivity index (χ4v) is 7.23. The molecule has 0 bridgehead atoms. The van der Waals surface area contributed by atoms with Gasteiger partial charge in [0, 0.05) is 20.9 Å². The highest BCUT2D eigenvalue weighted by Gasteiger charge is 2.35. The summed E-state index contributed by atoms with van der Waals surface area (Å²) in [5, 5.41) is 1.01. The summed E-state index contributed by atoms with van der Waals surface area (Å²) >= 11 is 4.95. The zero-order chi connectivity index (χ0) is 31.1. The van der Waals surface area contributed by atoms with Gasteiger partial charge in [-0.2, -0.15) is 0 Å². The Morgan fingerprint density at radius 1 is 1.07 bits per heavy atom. The molecule has 0 fully saturated rings. The predicted octanol–water partition coefficient (Wildman–Crippen LogP) is 6.03. The Morgan fingerprint density at radius 2 is 1.80 bits per heavy atom. The fraction of sp³-hybridized carbons (Fsp3) is 0.206. The zero-order valence-corrected chi connectivity index (χ0v) is 27.3. The van der Waals surface area contributed by atoms with E-state index in [1.165, 1.54) is 11.3 Å². The van der Waals surface area contributed by atoms with Gasteiger partial charge in [0.15, 0.2) is 16.3 Å². The number of fused-ring (bicyclic) bond motifs is 2. The number of aromatic amines is 1. The molecule has 3 heterocycles. The van der Waals surface area contributed by atoms with Gasteiger partial charge < -0.3 is 19.2 Å². The molecule has 1 aliphatic heterocycles. The zero-order valence-electron chi connectivity index (χ0n) is 24.9. The summed E-state index contributed by atoms with van der Waals surface area (Å²) in [4.78, 5) is 36.7. The second kappa shape index (κ2) is 11.9. The minimum absolute atomic E-state index is 0.183. The van der Waals surface area contributed by atoms with E-state index in [9.17, 15) is 9.59 Å². The van der Waals surface area contributed by atoms with E-state index in [1.54, 1.807) is 44.8 Å². The van der Waals surface area contributed by atoms with Gasteiger partial charge in [-0.25, -0.2) is 9.79 Å². The van der Waals surface area contributed by atoms with E-state index in [0.717, 1.165) is 33.3 Å². The predicted molar refractivity (Wildman–Crippen MR) is 176 cm³/mol. The molecule has 2 aromatic heterocycles. The maximum atomic E-state index is 14.4. The van der Waals surface area contributed by atoms with Gasteiger partial charge in [0.25, 0.3) is 5.56 Å². The monoisotopic (exact) mass is 671 g/mol. The third kappa shape index (κ3) is 4.97. The molecule has 1 aliphatic rings. The number of esters is 1. The van der Waals surface area contributed by atoms with Gasteiger partial charge in [-0.3, -0.25) is 9.36 Å². The van der Waals surface area contributed by atoms with E-state index in [4.69, 9.17) is 19.2 Å². The van der Waals surface area contributed by atoms with Crippen LogP contribution in [0.1, 0.15) is 36.6 Å². The van der Waals surface area contributed by atoms with E-state index < -0.39 is 12.0 Å². The molecular formula is C34H30BrN3O5S. The second-order valence-corrected chi connectivity index (χ2v) is 12.2. The number of thiazole rings is 1. The number of aryl methyl sites for hydroxylation is 1. The first-order valence-electron chi connectivity index (χ1n) is 14.0. The number of methoxy groups -OCH3 is 2. The van der Waals surface area contributed by atoms with Crippen LogP contribution in [0.5, 0.6) is 11.5 Å². The molecule has 1 atom stereocenters. The van der Waals surface area contributed by atoms with Crippen LogP contribution in [0.15, 0.2) is 86.2 Å². The van der Waals surface area contributed by atoms with Crippen LogP contribution in [0.2, 0.25) is 0 Å². The SMILES string of the molecule is CCOC(=O)C1=C(C)N=c2s/c(=C/c3c(-c4ccccc4)[nH]c4c(C)cccc34)c(=O)n2[C@H]1c1cc(OC)c(OC)cc1Br. The number of benzene rings is 3. The van der Waals surface area contributed by atoms with Crippen molar-refractivity contribution in [3.05, 3.63) is 113 Å². The van der Waals surface area contributed by atoms with Gasteiger partial charge in [0.1, 0.15) is 0 Å². The van der Waals surface area contributed by atoms with Crippen molar-refractivity contribution in [3.63, 3.8) is 0 Å². The number of carbonyl (C=O) groups is 1. The first-order valence-corrected chi connectivity index (χ1v) is 15.7. The molecule has 10 heteroatoms. The Balaban J connectivity index is 1.64. The van der Waals surface area contributed by atoms with Crippen LogP contribution in [0.4, 0.5) is 0 Å². The molecule has 0 saturated heterocycles. The molecule has 0 radical (unpaired) electrons. The number of nitrogens with zero attached hydrogens (tertiary/aromatic N) is 2. The quantitative estimate of drug-likeness (QED) is 0.213. The Morgan fingerprint density at radius 3 is 2.50 bits per heavy atom. The molecule has 224 valence electrons. The number of H-pyrrole nitrogens is 1. The van der Waals surface area contributed by atoms with Crippen molar-refractivity contribution in [3.8, 4) is 22.8 Å². The largest absolute Gasteiger partial charge is 0.493 e. The highest BCUT2D eigenvalue weighted by Crippen LogP contribution is 2.41. The minimum atomic E-state index is -0.819. The lowest BCUT2D eigenvalue weighted by molar-refractivity contribution is -0.139. The van der Waals surface area contributed by atoms with Crippen molar-refractivity contribution < 1.29 is 19.0 Å². The third-order valence-corrected chi connectivity index (χ3v) is 9.40. The highest BCUT2D eigenvalue weighted by molar-refractivity contribution is 9.10. The molecule has 1 N–H and O–H groups in total. The Kier molecular flexibility index (Phi) is 8.04. The van der Waals surface area contributed by atoms with Crippen LogP contribution in [0.25, 0.3) is 28.2 Å². The number of hydrogen-bond donors (Lipinski definition) is 1. The maximum Gasteiger partial charge on any atom is 0.338 e. The number of ether oxygens (including phenoxy) is 3. The van der Waals surface area contributed by atoms with Gasteiger partial charge in [-0.1, -0.05) is 75.8 Å². The van der Waals surface area contributed by atoms with Crippen molar-refractivity contribution in [2.45, 2.75) is 26.8 Å². The van der Waals surface area contributed by atoms with Gasteiger partial charge in [-0.15, -0.1) is 0 Å². The van der Waals surface area contributed by atoms with Crippen LogP contribution < -0.4 is 24.4 Å². The van der Waals surface area contributed by atoms with E-state index in [-0.39, 0.29) is 17.7 Å². The number of para-hydroxylation sites is 1. The first kappa shape index (κ1) is 29.7. The van der Waals surface area contributed by atoms with E-state index in [0.29, 0.717) is 36.6 Å². The van der Waals surface area contributed by atoms with Crippen molar-refractivity contribution in [2.75, 3.05) is 20.8 Å². The van der Waals surface area contributed by atoms with Crippen LogP contribution >= 0.6 is 27.3 Å². The molecule has 0 spiro atoms. The number of aromatic nitrogens is 2.